The van der Waals surface area contributed by atoms with Gasteiger partial charge in [-0.25, -0.2) is 0 Å². The summed E-state index contributed by atoms with van der Waals surface area (Å²) in [7, 11) is 0. The predicted octanol–water partition coefficient (Wildman–Crippen LogP) is 1.55. The van der Waals surface area contributed by atoms with Crippen LogP contribution in [0.15, 0.2) is 0 Å². The van der Waals surface area contributed by atoms with E-state index in [-0.39, 0.29) is 5.60 Å². The second-order valence-electron chi connectivity index (χ2n) is 4.82. The lowest BCUT2D eigenvalue weighted by atomic mass is 9.98. The third kappa shape index (κ3) is 2.20. The Kier molecular flexibility index (Phi) is 2.13. The van der Waals surface area contributed by atoms with Crippen molar-refractivity contribution in [2.24, 2.45) is 5.92 Å². The molecule has 1 heterocycles. The van der Waals surface area contributed by atoms with Crippen molar-refractivity contribution < 1.29 is 4.74 Å². The van der Waals surface area contributed by atoms with Gasteiger partial charge >= 0.3 is 0 Å². The van der Waals surface area contributed by atoms with Gasteiger partial charge in [0.2, 0.25) is 0 Å². The molecular weight excluding hydrogens is 150 g/mol. The Morgan fingerprint density at radius 1 is 1.42 bits per heavy atom. The lowest BCUT2D eigenvalue weighted by Crippen LogP contribution is -2.25. The van der Waals surface area contributed by atoms with E-state index in [2.05, 4.69) is 19.2 Å². The maximum absolute atomic E-state index is 5.67. The largest absolute Gasteiger partial charge is 0.375 e. The smallest absolute Gasteiger partial charge is 0.0630 e. The molecule has 2 heteroatoms. The maximum atomic E-state index is 5.67. The van der Waals surface area contributed by atoms with E-state index in [1.54, 1.807) is 0 Å². The van der Waals surface area contributed by atoms with Crippen molar-refractivity contribution in [3.8, 4) is 0 Å². The molecule has 12 heavy (non-hydrogen) atoms. The van der Waals surface area contributed by atoms with Gasteiger partial charge in [0.1, 0.15) is 0 Å². The fourth-order valence-corrected chi connectivity index (χ4v) is 1.91. The van der Waals surface area contributed by atoms with Gasteiger partial charge in [0.25, 0.3) is 0 Å². The molecule has 70 valence electrons. The Balaban J connectivity index is 1.68. The number of ether oxygens (including phenoxy) is 1. The van der Waals surface area contributed by atoms with Crippen LogP contribution in [0.4, 0.5) is 0 Å². The van der Waals surface area contributed by atoms with Gasteiger partial charge in [-0.3, -0.25) is 0 Å². The highest BCUT2D eigenvalue weighted by Crippen LogP contribution is 2.29. The predicted molar refractivity (Wildman–Crippen MR) is 49.2 cm³/mol. The summed E-state index contributed by atoms with van der Waals surface area (Å²) in [6.07, 6.45) is 3.99. The highest BCUT2D eigenvalue weighted by Gasteiger charge is 2.32. The minimum Gasteiger partial charge on any atom is -0.375 e. The van der Waals surface area contributed by atoms with Crippen LogP contribution in [0.5, 0.6) is 0 Å². The highest BCUT2D eigenvalue weighted by atomic mass is 16.5. The molecule has 0 bridgehead atoms. The van der Waals surface area contributed by atoms with Crippen LogP contribution >= 0.6 is 0 Å². The first-order valence-electron chi connectivity index (χ1n) is 5.03. The first-order chi connectivity index (χ1) is 5.66. The molecule has 2 rings (SSSR count). The number of nitrogens with one attached hydrogen (secondary N) is 1. The summed E-state index contributed by atoms with van der Waals surface area (Å²) in [4.78, 5) is 0. The van der Waals surface area contributed by atoms with E-state index in [9.17, 15) is 0 Å². The van der Waals surface area contributed by atoms with Crippen molar-refractivity contribution in [3.05, 3.63) is 0 Å². The molecule has 2 fully saturated rings. The van der Waals surface area contributed by atoms with Gasteiger partial charge in [0, 0.05) is 12.6 Å². The molecule has 0 amide bonds. The van der Waals surface area contributed by atoms with Crippen LogP contribution < -0.4 is 5.32 Å². The normalized spacial score (nSPS) is 34.0. The van der Waals surface area contributed by atoms with Gasteiger partial charge in [0.05, 0.1) is 12.2 Å². The SMILES string of the molecule is CC1(C)CC(CNC2CC2)CO1. The molecule has 1 unspecified atom stereocenters. The molecule has 0 aromatic rings. The van der Waals surface area contributed by atoms with E-state index in [1.165, 1.54) is 19.3 Å². The van der Waals surface area contributed by atoms with Gasteiger partial charge in [0.15, 0.2) is 0 Å². The summed E-state index contributed by atoms with van der Waals surface area (Å²) in [6.45, 7) is 6.48. The monoisotopic (exact) mass is 169 g/mol. The minimum absolute atomic E-state index is 0.135. The molecule has 1 saturated carbocycles. The molecule has 2 aliphatic rings. The van der Waals surface area contributed by atoms with Crippen molar-refractivity contribution in [3.63, 3.8) is 0 Å². The van der Waals surface area contributed by atoms with Crippen LogP contribution in [-0.4, -0.2) is 24.8 Å². The summed E-state index contributed by atoms with van der Waals surface area (Å²) in [6, 6.07) is 0.841. The molecule has 1 N–H and O–H groups in total. The van der Waals surface area contributed by atoms with E-state index in [1.807, 2.05) is 0 Å². The van der Waals surface area contributed by atoms with Crippen LogP contribution in [0, 0.1) is 5.92 Å². The van der Waals surface area contributed by atoms with Crippen molar-refractivity contribution in [2.75, 3.05) is 13.2 Å². The molecule has 1 atom stereocenters. The van der Waals surface area contributed by atoms with Crippen LogP contribution in [0.25, 0.3) is 0 Å². The lowest BCUT2D eigenvalue weighted by molar-refractivity contribution is 0.0350. The first kappa shape index (κ1) is 8.52. The molecule has 1 aliphatic carbocycles. The van der Waals surface area contributed by atoms with Crippen molar-refractivity contribution >= 4 is 0 Å². The van der Waals surface area contributed by atoms with Gasteiger partial charge in [-0.2, -0.15) is 0 Å². The second kappa shape index (κ2) is 3.00. The number of hydrogen-bond acceptors (Lipinski definition) is 2. The summed E-state index contributed by atoms with van der Waals surface area (Å²) in [5.41, 5.74) is 0.135. The van der Waals surface area contributed by atoms with Gasteiger partial charge in [-0.05, 0) is 39.0 Å². The van der Waals surface area contributed by atoms with E-state index in [0.717, 1.165) is 25.1 Å². The highest BCUT2D eigenvalue weighted by molar-refractivity contribution is 4.86. The molecule has 0 aromatic carbocycles. The van der Waals surface area contributed by atoms with Crippen LogP contribution in [0.3, 0.4) is 0 Å². The Bertz CT molecular complexity index is 163. The fourth-order valence-electron chi connectivity index (χ4n) is 1.91. The maximum Gasteiger partial charge on any atom is 0.0630 e. The summed E-state index contributed by atoms with van der Waals surface area (Å²) in [5, 5.41) is 3.56. The molecule has 2 nitrogen and oxygen atoms in total. The van der Waals surface area contributed by atoms with Crippen molar-refractivity contribution in [2.45, 2.75) is 44.8 Å². The van der Waals surface area contributed by atoms with E-state index in [4.69, 9.17) is 4.74 Å². The average Bonchev–Trinajstić information content (AvgIpc) is 2.74. The van der Waals surface area contributed by atoms with Crippen molar-refractivity contribution in [1.29, 1.82) is 0 Å². The zero-order valence-electron chi connectivity index (χ0n) is 8.10. The van der Waals surface area contributed by atoms with Crippen molar-refractivity contribution in [1.82, 2.24) is 5.32 Å². The lowest BCUT2D eigenvalue weighted by Gasteiger charge is -2.15. The van der Waals surface area contributed by atoms with Gasteiger partial charge in [-0.1, -0.05) is 0 Å². The minimum atomic E-state index is 0.135. The van der Waals surface area contributed by atoms with Gasteiger partial charge in [-0.15, -0.1) is 0 Å². The zero-order valence-corrected chi connectivity index (χ0v) is 8.10. The van der Waals surface area contributed by atoms with Crippen LogP contribution in [0.1, 0.15) is 33.1 Å². The Morgan fingerprint density at radius 3 is 2.67 bits per heavy atom. The summed E-state index contributed by atoms with van der Waals surface area (Å²) in [5.74, 6) is 0.751. The third-order valence-electron chi connectivity index (χ3n) is 2.76. The van der Waals surface area contributed by atoms with Crippen LogP contribution in [-0.2, 0) is 4.74 Å². The fraction of sp³-hybridized carbons (Fsp3) is 1.00. The molecular formula is C10H19NO. The van der Waals surface area contributed by atoms with E-state index < -0.39 is 0 Å². The zero-order chi connectivity index (χ0) is 8.60. The van der Waals surface area contributed by atoms with Gasteiger partial charge < -0.3 is 10.1 Å². The third-order valence-corrected chi connectivity index (χ3v) is 2.76. The van der Waals surface area contributed by atoms with Crippen LogP contribution in [0.2, 0.25) is 0 Å². The Hall–Kier alpha value is -0.0800. The molecule has 0 radical (unpaired) electrons. The Labute approximate surface area is 74.7 Å². The first-order valence-corrected chi connectivity index (χ1v) is 5.03. The topological polar surface area (TPSA) is 21.3 Å². The summed E-state index contributed by atoms with van der Waals surface area (Å²) >= 11 is 0. The average molecular weight is 169 g/mol. The molecule has 1 aliphatic heterocycles. The molecule has 0 aromatic heterocycles. The number of rotatable bonds is 3. The molecule has 0 spiro atoms. The summed E-state index contributed by atoms with van der Waals surface area (Å²) < 4.78 is 5.67. The van der Waals surface area contributed by atoms with E-state index in [0.29, 0.717) is 0 Å². The second-order valence-corrected chi connectivity index (χ2v) is 4.82. The standard InChI is InChI=1S/C10H19NO/c1-10(2)5-8(7-12-10)6-11-9-3-4-9/h8-9,11H,3-7H2,1-2H3. The Morgan fingerprint density at radius 2 is 2.17 bits per heavy atom. The molecule has 1 saturated heterocycles. The quantitative estimate of drug-likeness (QED) is 0.692. The van der Waals surface area contributed by atoms with E-state index >= 15 is 0 Å². The number of hydrogen-bond donors (Lipinski definition) is 1.